The average molecular weight is 493 g/mol. The van der Waals surface area contributed by atoms with Crippen LogP contribution in [-0.2, 0) is 25.5 Å². The van der Waals surface area contributed by atoms with Crippen LogP contribution in [0.5, 0.6) is 0 Å². The Morgan fingerprint density at radius 1 is 1.21 bits per heavy atom. The summed E-state index contributed by atoms with van der Waals surface area (Å²) in [5.41, 5.74) is 1.16. The highest BCUT2D eigenvalue weighted by molar-refractivity contribution is 7.15. The highest BCUT2D eigenvalue weighted by atomic mass is 32.1. The van der Waals surface area contributed by atoms with Crippen molar-refractivity contribution >= 4 is 51.4 Å². The smallest absolute Gasteiger partial charge is 0.341 e. The van der Waals surface area contributed by atoms with Crippen molar-refractivity contribution in [2.24, 2.45) is 5.92 Å². The average Bonchev–Trinajstić information content (AvgIpc) is 3.52. The fourth-order valence-corrected chi connectivity index (χ4v) is 5.35. The van der Waals surface area contributed by atoms with Gasteiger partial charge in [0, 0.05) is 6.54 Å². The molecule has 10 heteroatoms. The lowest BCUT2D eigenvalue weighted by atomic mass is 10.0. The SMILES string of the molecule is CCOC(=O)c1c(CC(C)C)csc1NC(=O)COC(=O)[C@@H]1CCCN1C(=O)c1cccs1. The van der Waals surface area contributed by atoms with Crippen molar-refractivity contribution in [3.8, 4) is 0 Å². The number of carbonyl (C=O) groups excluding carboxylic acids is 4. The minimum Gasteiger partial charge on any atom is -0.462 e. The lowest BCUT2D eigenvalue weighted by Gasteiger charge is -2.22. The number of anilines is 1. The number of ether oxygens (including phenoxy) is 2. The molecule has 2 aromatic heterocycles. The molecular formula is C23H28N2O6S2. The van der Waals surface area contributed by atoms with E-state index in [0.717, 1.165) is 5.56 Å². The highest BCUT2D eigenvalue weighted by Gasteiger charge is 2.36. The van der Waals surface area contributed by atoms with Crippen molar-refractivity contribution in [2.75, 3.05) is 25.1 Å². The van der Waals surface area contributed by atoms with Gasteiger partial charge in [-0.05, 0) is 54.5 Å². The maximum Gasteiger partial charge on any atom is 0.341 e. The number of carbonyl (C=O) groups is 4. The van der Waals surface area contributed by atoms with Gasteiger partial charge in [-0.15, -0.1) is 22.7 Å². The molecule has 178 valence electrons. The standard InChI is InChI=1S/C23H28N2O6S2/c1-4-30-23(29)19-15(11-14(2)3)13-33-20(19)24-18(26)12-31-22(28)16-7-5-9-25(16)21(27)17-8-6-10-32-17/h6,8,10,13-14,16H,4-5,7,9,11-12H2,1-3H3,(H,24,26)/t16-/m0/s1. The molecule has 0 spiro atoms. The van der Waals surface area contributed by atoms with Crippen LogP contribution in [0.3, 0.4) is 0 Å². The molecule has 1 fully saturated rings. The summed E-state index contributed by atoms with van der Waals surface area (Å²) in [5, 5.41) is 6.69. The molecule has 1 atom stereocenters. The molecule has 8 nitrogen and oxygen atoms in total. The molecule has 2 aromatic rings. The Labute approximate surface area is 200 Å². The lowest BCUT2D eigenvalue weighted by molar-refractivity contribution is -0.151. The third-order valence-electron chi connectivity index (χ3n) is 5.09. The van der Waals surface area contributed by atoms with Gasteiger partial charge in [-0.25, -0.2) is 9.59 Å². The first-order valence-electron chi connectivity index (χ1n) is 10.9. The largest absolute Gasteiger partial charge is 0.462 e. The first-order chi connectivity index (χ1) is 15.8. The Morgan fingerprint density at radius 3 is 2.67 bits per heavy atom. The van der Waals surface area contributed by atoms with Crippen molar-refractivity contribution in [1.82, 2.24) is 4.90 Å². The number of hydrogen-bond acceptors (Lipinski definition) is 8. The Morgan fingerprint density at radius 2 is 2.00 bits per heavy atom. The summed E-state index contributed by atoms with van der Waals surface area (Å²) < 4.78 is 10.4. The molecule has 0 bridgehead atoms. The molecule has 1 aliphatic heterocycles. The van der Waals surface area contributed by atoms with E-state index in [9.17, 15) is 19.2 Å². The van der Waals surface area contributed by atoms with E-state index in [2.05, 4.69) is 5.32 Å². The van der Waals surface area contributed by atoms with Crippen LogP contribution in [0.4, 0.5) is 5.00 Å². The molecule has 2 amide bonds. The molecule has 0 unspecified atom stereocenters. The number of esters is 2. The van der Waals surface area contributed by atoms with Crippen molar-refractivity contribution < 1.29 is 28.7 Å². The molecule has 3 heterocycles. The minimum absolute atomic E-state index is 0.204. The summed E-state index contributed by atoms with van der Waals surface area (Å²) in [4.78, 5) is 52.3. The summed E-state index contributed by atoms with van der Waals surface area (Å²) >= 11 is 2.56. The Hall–Kier alpha value is -2.72. The summed E-state index contributed by atoms with van der Waals surface area (Å²) in [6.45, 7) is 6.00. The van der Waals surface area contributed by atoms with E-state index in [-0.39, 0.29) is 12.5 Å². The van der Waals surface area contributed by atoms with E-state index < -0.39 is 30.5 Å². The molecule has 0 aliphatic carbocycles. The third kappa shape index (κ3) is 6.20. The Bertz CT molecular complexity index is 999. The Balaban J connectivity index is 1.61. The molecule has 0 aromatic carbocycles. The first kappa shape index (κ1) is 24.9. The number of thiophene rings is 2. The van der Waals surface area contributed by atoms with Gasteiger partial charge < -0.3 is 19.7 Å². The van der Waals surface area contributed by atoms with E-state index in [1.807, 2.05) is 24.6 Å². The lowest BCUT2D eigenvalue weighted by Crippen LogP contribution is -2.41. The molecule has 0 saturated carbocycles. The van der Waals surface area contributed by atoms with Crippen LogP contribution in [0.2, 0.25) is 0 Å². The van der Waals surface area contributed by atoms with Crippen LogP contribution in [0.25, 0.3) is 0 Å². The molecule has 33 heavy (non-hydrogen) atoms. The second kappa shape index (κ2) is 11.4. The van der Waals surface area contributed by atoms with Crippen LogP contribution in [0, 0.1) is 5.92 Å². The predicted octanol–water partition coefficient (Wildman–Crippen LogP) is 3.97. The number of nitrogens with zero attached hydrogens (tertiary/aromatic N) is 1. The van der Waals surface area contributed by atoms with Crippen LogP contribution in [0.15, 0.2) is 22.9 Å². The number of rotatable bonds is 9. The molecule has 0 radical (unpaired) electrons. The van der Waals surface area contributed by atoms with Crippen LogP contribution >= 0.6 is 22.7 Å². The van der Waals surface area contributed by atoms with Crippen molar-refractivity contribution in [3.63, 3.8) is 0 Å². The number of hydrogen-bond donors (Lipinski definition) is 1. The topological polar surface area (TPSA) is 102 Å². The first-order valence-corrected chi connectivity index (χ1v) is 12.7. The van der Waals surface area contributed by atoms with Gasteiger partial charge in [0.25, 0.3) is 11.8 Å². The van der Waals surface area contributed by atoms with Gasteiger partial charge in [-0.1, -0.05) is 19.9 Å². The second-order valence-corrected chi connectivity index (χ2v) is 9.90. The van der Waals surface area contributed by atoms with E-state index in [4.69, 9.17) is 9.47 Å². The van der Waals surface area contributed by atoms with Gasteiger partial charge in [0.15, 0.2) is 6.61 Å². The second-order valence-electron chi connectivity index (χ2n) is 8.07. The summed E-state index contributed by atoms with van der Waals surface area (Å²) in [7, 11) is 0. The molecule has 1 saturated heterocycles. The molecule has 1 aliphatic rings. The van der Waals surface area contributed by atoms with Crippen molar-refractivity contribution in [2.45, 2.75) is 46.1 Å². The zero-order chi connectivity index (χ0) is 24.0. The normalized spacial score (nSPS) is 15.5. The number of nitrogens with one attached hydrogen (secondary N) is 1. The molecular weight excluding hydrogens is 464 g/mol. The predicted molar refractivity (Wildman–Crippen MR) is 127 cm³/mol. The third-order valence-corrected chi connectivity index (χ3v) is 6.89. The van der Waals surface area contributed by atoms with E-state index in [0.29, 0.717) is 47.2 Å². The van der Waals surface area contributed by atoms with Gasteiger partial charge in [0.2, 0.25) is 0 Å². The van der Waals surface area contributed by atoms with Crippen molar-refractivity contribution in [3.05, 3.63) is 38.9 Å². The quantitative estimate of drug-likeness (QED) is 0.532. The van der Waals surface area contributed by atoms with Crippen LogP contribution in [0.1, 0.15) is 59.2 Å². The number of likely N-dealkylation sites (tertiary alicyclic amines) is 1. The summed E-state index contributed by atoms with van der Waals surface area (Å²) in [6.07, 6.45) is 1.86. The van der Waals surface area contributed by atoms with Gasteiger partial charge in [0.1, 0.15) is 11.0 Å². The maximum absolute atomic E-state index is 12.6. The van der Waals surface area contributed by atoms with E-state index in [1.165, 1.54) is 27.6 Å². The summed E-state index contributed by atoms with van der Waals surface area (Å²) in [5.74, 6) is -1.53. The maximum atomic E-state index is 12.6. The Kier molecular flexibility index (Phi) is 8.62. The summed E-state index contributed by atoms with van der Waals surface area (Å²) in [6, 6.07) is 2.80. The van der Waals surface area contributed by atoms with Crippen LogP contribution in [-0.4, -0.2) is 54.5 Å². The van der Waals surface area contributed by atoms with Crippen molar-refractivity contribution in [1.29, 1.82) is 0 Å². The van der Waals surface area contributed by atoms with Gasteiger partial charge >= 0.3 is 11.9 Å². The molecule has 3 rings (SSSR count). The fourth-order valence-electron chi connectivity index (χ4n) is 3.69. The minimum atomic E-state index is -0.707. The van der Waals surface area contributed by atoms with Gasteiger partial charge in [-0.2, -0.15) is 0 Å². The van der Waals surface area contributed by atoms with Gasteiger partial charge in [-0.3, -0.25) is 9.59 Å². The fraction of sp³-hybridized carbons (Fsp3) is 0.478. The number of amides is 2. The van der Waals surface area contributed by atoms with Gasteiger partial charge in [0.05, 0.1) is 17.0 Å². The zero-order valence-electron chi connectivity index (χ0n) is 18.9. The molecule has 1 N–H and O–H groups in total. The highest BCUT2D eigenvalue weighted by Crippen LogP contribution is 2.31. The zero-order valence-corrected chi connectivity index (χ0v) is 20.6. The van der Waals surface area contributed by atoms with E-state index in [1.54, 1.807) is 19.1 Å². The van der Waals surface area contributed by atoms with Crippen LogP contribution < -0.4 is 5.32 Å². The van der Waals surface area contributed by atoms with E-state index >= 15 is 0 Å². The monoisotopic (exact) mass is 492 g/mol.